The molecule has 4 aromatic heterocycles. The van der Waals surface area contributed by atoms with Gasteiger partial charge in [-0.25, -0.2) is 0 Å². The minimum atomic E-state index is -0.504. The zero-order chi connectivity index (χ0) is 39.8. The monoisotopic (exact) mass is 782 g/mol. The third-order valence-corrected chi connectivity index (χ3v) is 14.2. The van der Waals surface area contributed by atoms with Crippen molar-refractivity contribution in [3.05, 3.63) is 144 Å². The molecule has 4 heterocycles. The fourth-order valence-corrected chi connectivity index (χ4v) is 12.1. The lowest BCUT2D eigenvalue weighted by Gasteiger charge is -2.34. The largest absolute Gasteiger partial charge is 0.309 e. The van der Waals surface area contributed by atoms with Gasteiger partial charge in [-0.2, -0.15) is 10.5 Å². The van der Waals surface area contributed by atoms with Gasteiger partial charge in [-0.05, 0) is 59.4 Å². The van der Waals surface area contributed by atoms with Crippen molar-refractivity contribution in [1.82, 2.24) is 9.13 Å². The Kier molecular flexibility index (Phi) is 7.22. The van der Waals surface area contributed by atoms with Crippen molar-refractivity contribution in [3.63, 3.8) is 0 Å². The van der Waals surface area contributed by atoms with Gasteiger partial charge in [0.05, 0.1) is 44.6 Å². The lowest BCUT2D eigenvalue weighted by Crippen LogP contribution is -2.27. The van der Waals surface area contributed by atoms with Crippen LogP contribution in [0.15, 0.2) is 121 Å². The molecule has 0 saturated carbocycles. The van der Waals surface area contributed by atoms with E-state index in [1.165, 1.54) is 45.7 Å². The zero-order valence-corrected chi connectivity index (χ0v) is 34.8. The summed E-state index contributed by atoms with van der Waals surface area (Å²) in [6.45, 7) is 13.3. The molecule has 11 rings (SSSR count). The van der Waals surface area contributed by atoms with Gasteiger partial charge in [-0.15, -0.1) is 22.7 Å². The van der Waals surface area contributed by atoms with Crippen molar-refractivity contribution >= 4 is 107 Å². The molecule has 0 bridgehead atoms. The second-order valence-electron chi connectivity index (χ2n) is 17.5. The van der Waals surface area contributed by atoms with E-state index in [-0.39, 0.29) is 0 Å². The van der Waals surface area contributed by atoms with Crippen molar-refractivity contribution in [1.29, 1.82) is 10.5 Å². The first kappa shape index (κ1) is 34.8. The number of hydrogen-bond acceptors (Lipinski definition) is 4. The van der Waals surface area contributed by atoms with E-state index < -0.39 is 10.8 Å². The Morgan fingerprint density at radius 1 is 0.397 bits per heavy atom. The Labute approximate surface area is 344 Å². The van der Waals surface area contributed by atoms with E-state index in [4.69, 9.17) is 0 Å². The van der Waals surface area contributed by atoms with E-state index in [9.17, 15) is 10.5 Å². The Morgan fingerprint density at radius 3 is 1.19 bits per heavy atom. The van der Waals surface area contributed by atoms with E-state index in [2.05, 4.69) is 184 Å². The van der Waals surface area contributed by atoms with Crippen LogP contribution in [0.5, 0.6) is 0 Å². The summed E-state index contributed by atoms with van der Waals surface area (Å²) in [4.78, 5) is 0. The first-order chi connectivity index (χ1) is 28.0. The van der Waals surface area contributed by atoms with Crippen LogP contribution >= 0.6 is 22.7 Å². The first-order valence-corrected chi connectivity index (χ1v) is 21.4. The van der Waals surface area contributed by atoms with Crippen LogP contribution in [0.25, 0.3) is 95.3 Å². The van der Waals surface area contributed by atoms with Crippen LogP contribution in [0, 0.1) is 22.7 Å². The Morgan fingerprint density at radius 2 is 0.776 bits per heavy atom. The minimum Gasteiger partial charge on any atom is -0.309 e. The molecule has 0 amide bonds. The van der Waals surface area contributed by atoms with Crippen molar-refractivity contribution in [3.8, 4) is 23.5 Å². The molecule has 0 spiro atoms. The molecule has 0 radical (unpaired) electrons. The Hall–Kier alpha value is -6.44. The van der Waals surface area contributed by atoms with E-state index in [1.54, 1.807) is 11.3 Å². The summed E-state index contributed by atoms with van der Waals surface area (Å²) in [7, 11) is 0. The van der Waals surface area contributed by atoms with Gasteiger partial charge in [0.1, 0.15) is 12.1 Å². The summed E-state index contributed by atoms with van der Waals surface area (Å²) in [5.74, 6) is 0. The van der Waals surface area contributed by atoms with Gasteiger partial charge in [-0.1, -0.05) is 114 Å². The molecule has 0 aliphatic rings. The molecule has 7 aromatic carbocycles. The third kappa shape index (κ3) is 4.59. The summed E-state index contributed by atoms with van der Waals surface area (Å²) < 4.78 is 9.58. The quantitative estimate of drug-likeness (QED) is 0.175. The number of benzene rings is 7. The van der Waals surface area contributed by atoms with Gasteiger partial charge >= 0.3 is 0 Å². The molecule has 0 atom stereocenters. The average Bonchev–Trinajstić information content (AvgIpc) is 3.96. The molecule has 58 heavy (non-hydrogen) atoms. The molecular weight excluding hydrogens is 745 g/mol. The van der Waals surface area contributed by atoms with Crippen LogP contribution in [0.4, 0.5) is 0 Å². The molecule has 0 saturated heterocycles. The van der Waals surface area contributed by atoms with Gasteiger partial charge in [-0.3, -0.25) is 0 Å². The molecular formula is C52H38N4S2. The van der Waals surface area contributed by atoms with Gasteiger partial charge < -0.3 is 9.13 Å². The highest BCUT2D eigenvalue weighted by molar-refractivity contribution is 7.26. The third-order valence-electron chi connectivity index (χ3n) is 12.0. The maximum Gasteiger partial charge on any atom is 0.102 e. The number of para-hydroxylation sites is 2. The van der Waals surface area contributed by atoms with Crippen LogP contribution < -0.4 is 0 Å². The fraction of sp³-hybridized carbons (Fsp3) is 0.154. The predicted octanol–water partition coefficient (Wildman–Crippen LogP) is 15.0. The van der Waals surface area contributed by atoms with Crippen LogP contribution in [0.1, 0.15) is 63.8 Å². The van der Waals surface area contributed by atoms with E-state index >= 15 is 0 Å². The predicted molar refractivity (Wildman–Crippen MR) is 248 cm³/mol. The first-order valence-electron chi connectivity index (χ1n) is 19.7. The van der Waals surface area contributed by atoms with Crippen LogP contribution in [0.3, 0.4) is 0 Å². The molecule has 278 valence electrons. The lowest BCUT2D eigenvalue weighted by atomic mass is 9.73. The summed E-state index contributed by atoms with van der Waals surface area (Å²) in [6.07, 6.45) is 0. The second-order valence-corrected chi connectivity index (χ2v) is 19.7. The molecule has 0 unspecified atom stereocenters. The smallest absolute Gasteiger partial charge is 0.102 e. The second kappa shape index (κ2) is 12.0. The van der Waals surface area contributed by atoms with Crippen LogP contribution in [0.2, 0.25) is 0 Å². The van der Waals surface area contributed by atoms with Crippen molar-refractivity contribution < 1.29 is 0 Å². The number of nitrogens with zero attached hydrogens (tertiary/aromatic N) is 4. The zero-order valence-electron chi connectivity index (χ0n) is 33.2. The lowest BCUT2D eigenvalue weighted by molar-refractivity contribution is 0.561. The van der Waals surface area contributed by atoms with Crippen LogP contribution in [-0.4, -0.2) is 9.13 Å². The number of fused-ring (bicyclic) bond motifs is 14. The van der Waals surface area contributed by atoms with Gasteiger partial charge in [0, 0.05) is 73.0 Å². The maximum absolute atomic E-state index is 11.7. The van der Waals surface area contributed by atoms with Crippen molar-refractivity contribution in [2.75, 3.05) is 0 Å². The van der Waals surface area contributed by atoms with Gasteiger partial charge in [0.15, 0.2) is 0 Å². The average molecular weight is 783 g/mol. The van der Waals surface area contributed by atoms with Gasteiger partial charge in [0.2, 0.25) is 0 Å². The van der Waals surface area contributed by atoms with Crippen molar-refractivity contribution in [2.24, 2.45) is 0 Å². The highest BCUT2D eigenvalue weighted by atomic mass is 32.1. The highest BCUT2D eigenvalue weighted by Crippen LogP contribution is 2.51. The Balaban J connectivity index is 1.38. The van der Waals surface area contributed by atoms with E-state index in [0.29, 0.717) is 16.8 Å². The minimum absolute atomic E-state index is 0.504. The Bertz CT molecular complexity index is 3620. The van der Waals surface area contributed by atoms with Gasteiger partial charge in [0.25, 0.3) is 0 Å². The number of thiophene rings is 2. The number of rotatable bonds is 2. The SMILES string of the molecule is CC(C)(C)c1c(C#N)c(-n2c3ccccc3c3c4c(ccc32)sc2ccccc24)c(C#N)c(C(C)(C)C)c1-n1c2ccccc2c2c3c(ccc21)sc1ccccc13. The summed E-state index contributed by atoms with van der Waals surface area (Å²) in [6, 6.07) is 48.9. The topological polar surface area (TPSA) is 57.4 Å². The number of nitriles is 2. The molecule has 6 heteroatoms. The van der Waals surface area contributed by atoms with E-state index in [1.807, 2.05) is 11.3 Å². The molecule has 4 nitrogen and oxygen atoms in total. The number of hydrogen-bond donors (Lipinski definition) is 0. The van der Waals surface area contributed by atoms with E-state index in [0.717, 1.165) is 55.0 Å². The van der Waals surface area contributed by atoms with Crippen molar-refractivity contribution in [2.45, 2.75) is 52.4 Å². The maximum atomic E-state index is 11.7. The molecule has 0 N–H and O–H groups in total. The summed E-state index contributed by atoms with van der Waals surface area (Å²) in [5, 5.41) is 32.9. The normalized spacial score (nSPS) is 12.6. The standard InChI is InChI=1S/C52H38N4S2/c1-51(2,3)47-33(27-53)49(55-35-19-11-7-15-29(35)43-37(55)23-25-41-45(43)31-17-9-13-21-39(31)57-41)34(28-54)48(52(4,5)6)50(47)56-36-20-12-8-16-30(36)44-38(56)24-26-42-46(44)32-18-10-14-22-40(32)58-42/h7-26H,1-6H3. The fourth-order valence-electron chi connectivity index (χ4n) is 9.88. The summed E-state index contributed by atoms with van der Waals surface area (Å²) >= 11 is 3.63. The molecule has 0 aliphatic carbocycles. The molecule has 0 aliphatic heterocycles. The highest BCUT2D eigenvalue weighted by Gasteiger charge is 2.38. The summed E-state index contributed by atoms with van der Waals surface area (Å²) in [5.41, 5.74) is 7.57. The molecule has 0 fully saturated rings. The molecule has 11 aromatic rings. The number of aromatic nitrogens is 2. The van der Waals surface area contributed by atoms with Crippen LogP contribution in [-0.2, 0) is 10.8 Å².